The lowest BCUT2D eigenvalue weighted by molar-refractivity contribution is -0.137. The van der Waals surface area contributed by atoms with Crippen LogP contribution < -0.4 is 4.74 Å². The molecule has 0 fully saturated rings. The van der Waals surface area contributed by atoms with Crippen LogP contribution in [0.1, 0.15) is 30.1 Å². The van der Waals surface area contributed by atoms with Crippen molar-refractivity contribution in [1.82, 2.24) is 4.90 Å². The van der Waals surface area contributed by atoms with Crippen LogP contribution in [0.5, 0.6) is 5.75 Å². The quantitative estimate of drug-likeness (QED) is 0.427. The van der Waals surface area contributed by atoms with Crippen LogP contribution in [0.25, 0.3) is 0 Å². The minimum absolute atomic E-state index is 0.0888. The second-order valence-electron chi connectivity index (χ2n) is 7.53. The monoisotopic (exact) mass is 486 g/mol. The molecule has 7 heteroatoms. The number of rotatable bonds is 9. The topological polar surface area (TPSA) is 71.4 Å². The first kappa shape index (κ1) is 23.0. The van der Waals surface area contributed by atoms with Gasteiger partial charge in [-0.05, 0) is 42.0 Å². The Morgan fingerprint density at radius 1 is 1.26 bits per heavy atom. The zero-order valence-corrected chi connectivity index (χ0v) is 19.3. The van der Waals surface area contributed by atoms with Gasteiger partial charge >= 0.3 is 0 Å². The van der Waals surface area contributed by atoms with Crippen LogP contribution in [0.2, 0.25) is 0 Å². The highest BCUT2D eigenvalue weighted by Gasteiger charge is 2.53. The van der Waals surface area contributed by atoms with E-state index in [4.69, 9.17) is 19.6 Å². The number of benzene rings is 2. The predicted octanol–water partition coefficient (Wildman–Crippen LogP) is 4.13. The lowest BCUT2D eigenvalue weighted by Gasteiger charge is -2.31. The number of carbonyl (C=O) groups is 1. The van der Waals surface area contributed by atoms with Crippen LogP contribution in [0.15, 0.2) is 70.7 Å². The van der Waals surface area contributed by atoms with Crippen molar-refractivity contribution in [2.75, 3.05) is 27.3 Å². The SMILES string of the molecule is C=CC[C@@]1(C(=O)N(C)C)N=C(c2ccc(OCCCO)cc2)O[C@@H]1c1ccc(Br)cc1. The van der Waals surface area contributed by atoms with Gasteiger partial charge in [0.05, 0.1) is 6.61 Å². The van der Waals surface area contributed by atoms with E-state index in [9.17, 15) is 4.79 Å². The molecule has 0 aromatic heterocycles. The summed E-state index contributed by atoms with van der Waals surface area (Å²) in [4.78, 5) is 19.7. The molecule has 0 saturated heterocycles. The lowest BCUT2D eigenvalue weighted by atomic mass is 9.84. The number of aliphatic hydroxyl groups excluding tert-OH is 1. The summed E-state index contributed by atoms with van der Waals surface area (Å²) in [6.45, 7) is 4.39. The summed E-state index contributed by atoms with van der Waals surface area (Å²) >= 11 is 3.46. The summed E-state index contributed by atoms with van der Waals surface area (Å²) in [5.74, 6) is 0.966. The molecule has 2 aromatic carbocycles. The van der Waals surface area contributed by atoms with Crippen LogP contribution >= 0.6 is 15.9 Å². The van der Waals surface area contributed by atoms with Crippen LogP contribution in [-0.4, -0.2) is 54.7 Å². The molecule has 0 bridgehead atoms. The number of amides is 1. The number of ether oxygens (including phenoxy) is 2. The van der Waals surface area contributed by atoms with Gasteiger partial charge in [0.25, 0.3) is 5.91 Å². The molecule has 6 nitrogen and oxygen atoms in total. The molecular formula is C24H27BrN2O4. The average molecular weight is 487 g/mol. The number of aliphatic hydroxyl groups is 1. The Morgan fingerprint density at radius 3 is 2.52 bits per heavy atom. The number of likely N-dealkylation sites (N-methyl/N-ethyl adjacent to an activating group) is 1. The first-order valence-corrected chi connectivity index (χ1v) is 10.9. The second kappa shape index (κ2) is 10.1. The highest BCUT2D eigenvalue weighted by Crippen LogP contribution is 2.43. The Bertz CT molecular complexity index is 941. The normalized spacial score (nSPS) is 20.0. The Hall–Kier alpha value is -2.64. The fraction of sp³-hybridized carbons (Fsp3) is 0.333. The summed E-state index contributed by atoms with van der Waals surface area (Å²) in [5.41, 5.74) is 0.488. The summed E-state index contributed by atoms with van der Waals surface area (Å²) < 4.78 is 12.9. The van der Waals surface area contributed by atoms with Crippen molar-refractivity contribution in [2.24, 2.45) is 4.99 Å². The van der Waals surface area contributed by atoms with E-state index >= 15 is 0 Å². The van der Waals surface area contributed by atoms with Crippen molar-refractivity contribution < 1.29 is 19.4 Å². The molecule has 3 rings (SSSR count). The van der Waals surface area contributed by atoms with Crippen molar-refractivity contribution in [3.63, 3.8) is 0 Å². The Labute approximate surface area is 191 Å². The van der Waals surface area contributed by atoms with Gasteiger partial charge in [0.15, 0.2) is 11.6 Å². The van der Waals surface area contributed by atoms with Gasteiger partial charge in [-0.2, -0.15) is 0 Å². The number of hydrogen-bond acceptors (Lipinski definition) is 5. The van der Waals surface area contributed by atoms with Gasteiger partial charge in [-0.25, -0.2) is 4.99 Å². The van der Waals surface area contributed by atoms with Crippen LogP contribution in [0.4, 0.5) is 0 Å². The van der Waals surface area contributed by atoms with Gasteiger partial charge in [-0.15, -0.1) is 6.58 Å². The maximum atomic E-state index is 13.3. The van der Waals surface area contributed by atoms with Crippen molar-refractivity contribution in [3.8, 4) is 5.75 Å². The maximum Gasteiger partial charge on any atom is 0.254 e. The van der Waals surface area contributed by atoms with Crippen molar-refractivity contribution >= 4 is 27.7 Å². The van der Waals surface area contributed by atoms with E-state index < -0.39 is 11.6 Å². The van der Waals surface area contributed by atoms with Crippen LogP contribution in [-0.2, 0) is 9.53 Å². The highest BCUT2D eigenvalue weighted by molar-refractivity contribution is 9.10. The van der Waals surface area contributed by atoms with E-state index in [0.29, 0.717) is 31.1 Å². The molecule has 0 aliphatic carbocycles. The molecule has 31 heavy (non-hydrogen) atoms. The largest absolute Gasteiger partial charge is 0.494 e. The minimum Gasteiger partial charge on any atom is -0.494 e. The van der Waals surface area contributed by atoms with E-state index in [1.165, 1.54) is 0 Å². The van der Waals surface area contributed by atoms with Gasteiger partial charge in [0, 0.05) is 43.6 Å². The summed E-state index contributed by atoms with van der Waals surface area (Å²) in [5, 5.41) is 8.89. The molecule has 0 spiro atoms. The number of halogens is 1. The molecule has 1 heterocycles. The Balaban J connectivity index is 1.98. The zero-order valence-electron chi connectivity index (χ0n) is 17.8. The molecule has 2 atom stereocenters. The second-order valence-corrected chi connectivity index (χ2v) is 8.45. The van der Waals surface area contributed by atoms with Crippen molar-refractivity contribution in [3.05, 3.63) is 76.8 Å². The standard InChI is InChI=1S/C24H27BrN2O4/c1-4-14-24(23(29)27(2)3)21(17-6-10-19(25)11-7-17)31-22(26-24)18-8-12-20(13-9-18)30-16-5-15-28/h4,6-13,21,28H,1,5,14-16H2,2-3H3/t21-,24-/m1/s1. The minimum atomic E-state index is -1.13. The molecule has 1 amide bonds. The van der Waals surface area contributed by atoms with Crippen LogP contribution in [0.3, 0.4) is 0 Å². The molecule has 0 unspecified atom stereocenters. The molecule has 0 radical (unpaired) electrons. The van der Waals surface area contributed by atoms with Gasteiger partial charge in [0.2, 0.25) is 5.90 Å². The first-order valence-electron chi connectivity index (χ1n) is 10.1. The van der Waals surface area contributed by atoms with E-state index in [0.717, 1.165) is 15.6 Å². The maximum absolute atomic E-state index is 13.3. The van der Waals surface area contributed by atoms with E-state index in [-0.39, 0.29) is 12.5 Å². The summed E-state index contributed by atoms with van der Waals surface area (Å²) in [6.07, 6.45) is 2.05. The third kappa shape index (κ3) is 4.99. The molecule has 2 aromatic rings. The smallest absolute Gasteiger partial charge is 0.254 e. The molecule has 1 N–H and O–H groups in total. The number of hydrogen-bond donors (Lipinski definition) is 1. The number of aliphatic imine (C=N–C) groups is 1. The van der Waals surface area contributed by atoms with Gasteiger partial charge in [-0.1, -0.05) is 34.1 Å². The number of carbonyl (C=O) groups excluding carboxylic acids is 1. The summed E-state index contributed by atoms with van der Waals surface area (Å²) in [6, 6.07) is 15.1. The van der Waals surface area contributed by atoms with Crippen molar-refractivity contribution in [1.29, 1.82) is 0 Å². The molecule has 0 saturated carbocycles. The number of nitrogens with zero attached hydrogens (tertiary/aromatic N) is 2. The lowest BCUT2D eigenvalue weighted by Crippen LogP contribution is -2.47. The van der Waals surface area contributed by atoms with E-state index in [1.54, 1.807) is 25.1 Å². The summed E-state index contributed by atoms with van der Waals surface area (Å²) in [7, 11) is 3.44. The highest BCUT2D eigenvalue weighted by atomic mass is 79.9. The van der Waals surface area contributed by atoms with Gasteiger partial charge in [-0.3, -0.25) is 4.79 Å². The van der Waals surface area contributed by atoms with Gasteiger partial charge in [0.1, 0.15) is 5.75 Å². The van der Waals surface area contributed by atoms with Crippen LogP contribution in [0, 0.1) is 0 Å². The average Bonchev–Trinajstić information content (AvgIpc) is 3.15. The molecule has 164 valence electrons. The fourth-order valence-corrected chi connectivity index (χ4v) is 3.81. The molecular weight excluding hydrogens is 460 g/mol. The molecule has 1 aliphatic rings. The Kier molecular flexibility index (Phi) is 7.51. The zero-order chi connectivity index (χ0) is 22.4. The van der Waals surface area contributed by atoms with Crippen molar-refractivity contribution in [2.45, 2.75) is 24.5 Å². The van der Waals surface area contributed by atoms with E-state index in [2.05, 4.69) is 22.5 Å². The molecule has 1 aliphatic heterocycles. The third-order valence-corrected chi connectivity index (χ3v) is 5.57. The Morgan fingerprint density at radius 2 is 1.94 bits per heavy atom. The van der Waals surface area contributed by atoms with Gasteiger partial charge < -0.3 is 19.5 Å². The first-order chi connectivity index (χ1) is 14.9. The predicted molar refractivity (Wildman–Crippen MR) is 124 cm³/mol. The third-order valence-electron chi connectivity index (χ3n) is 5.04. The fourth-order valence-electron chi connectivity index (χ4n) is 3.54. The van der Waals surface area contributed by atoms with E-state index in [1.807, 2.05) is 48.5 Å².